The van der Waals surface area contributed by atoms with E-state index in [1.807, 2.05) is 54.0 Å². The first-order chi connectivity index (χ1) is 21.8. The third-order valence-electron chi connectivity index (χ3n) is 10.1. The fourth-order valence-electron chi connectivity index (χ4n) is 7.42. The van der Waals surface area contributed by atoms with Crippen LogP contribution in [0.15, 0.2) is 48.8 Å². The monoisotopic (exact) mass is 616 g/mol. The Hall–Kier alpha value is -3.76. The number of piperidine rings is 1. The number of benzene rings is 2. The molecule has 45 heavy (non-hydrogen) atoms. The van der Waals surface area contributed by atoms with Crippen LogP contribution in [0.5, 0.6) is 5.75 Å². The second kappa shape index (κ2) is 13.7. The standard InChI is InChI=1S/C35H48N6O4/c1-24-20-27(21-25(2)33(24)42)22-32(34(43)40-17-15-39(16-18-40)30-11-19-45-23-30)36-26(3)38-12-9-29(10-13-38)41-14-8-28-6-4-5-7-31(28)37-35(41)44/h4-7,20-21,29-30,32,36,42H,3,8-19,22-23H2,1-2H3,(H,37,44)/t30?,32-/m1/s1. The predicted molar refractivity (Wildman–Crippen MR) is 175 cm³/mol. The molecule has 2 atom stereocenters. The number of aryl methyl sites for hydroxylation is 2. The first kappa shape index (κ1) is 31.2. The number of likely N-dealkylation sites (tertiary alicyclic amines) is 1. The first-order valence-corrected chi connectivity index (χ1v) is 16.5. The van der Waals surface area contributed by atoms with E-state index in [1.165, 1.54) is 5.56 Å². The molecule has 242 valence electrons. The molecule has 3 fully saturated rings. The van der Waals surface area contributed by atoms with Crippen LogP contribution >= 0.6 is 0 Å². The van der Waals surface area contributed by atoms with Gasteiger partial charge in [-0.05, 0) is 67.9 Å². The van der Waals surface area contributed by atoms with Crippen molar-refractivity contribution in [2.24, 2.45) is 0 Å². The van der Waals surface area contributed by atoms with Gasteiger partial charge in [0.15, 0.2) is 0 Å². The van der Waals surface area contributed by atoms with Gasteiger partial charge < -0.3 is 35.2 Å². The van der Waals surface area contributed by atoms with Gasteiger partial charge >= 0.3 is 6.03 Å². The van der Waals surface area contributed by atoms with Gasteiger partial charge in [-0.3, -0.25) is 9.69 Å². The molecule has 1 unspecified atom stereocenters. The van der Waals surface area contributed by atoms with Gasteiger partial charge in [-0.15, -0.1) is 0 Å². The number of carbonyl (C=O) groups is 2. The van der Waals surface area contributed by atoms with Crippen LogP contribution in [0.25, 0.3) is 0 Å². The van der Waals surface area contributed by atoms with Gasteiger partial charge in [0.05, 0.1) is 12.4 Å². The zero-order chi connectivity index (χ0) is 31.5. The van der Waals surface area contributed by atoms with Crippen LogP contribution in [0.3, 0.4) is 0 Å². The lowest BCUT2D eigenvalue weighted by atomic mass is 9.99. The Labute approximate surface area is 267 Å². The van der Waals surface area contributed by atoms with Crippen LogP contribution in [0.2, 0.25) is 0 Å². The van der Waals surface area contributed by atoms with Crippen LogP contribution in [-0.4, -0.2) is 114 Å². The second-order valence-corrected chi connectivity index (χ2v) is 13.1. The van der Waals surface area contributed by atoms with Crippen molar-refractivity contribution >= 4 is 17.6 Å². The summed E-state index contributed by atoms with van der Waals surface area (Å²) in [4.78, 5) is 35.8. The highest BCUT2D eigenvalue weighted by atomic mass is 16.5. The Bertz CT molecular complexity index is 1370. The maximum absolute atomic E-state index is 14.1. The molecule has 3 saturated heterocycles. The summed E-state index contributed by atoms with van der Waals surface area (Å²) in [6, 6.07) is 12.1. The van der Waals surface area contributed by atoms with Crippen molar-refractivity contribution in [3.63, 3.8) is 0 Å². The van der Waals surface area contributed by atoms with E-state index in [0.717, 1.165) is 93.3 Å². The Morgan fingerprint density at radius 1 is 1.00 bits per heavy atom. The van der Waals surface area contributed by atoms with Crippen molar-refractivity contribution in [1.29, 1.82) is 0 Å². The number of nitrogens with zero attached hydrogens (tertiary/aromatic N) is 4. The molecule has 10 heteroatoms. The van der Waals surface area contributed by atoms with Crippen molar-refractivity contribution in [2.75, 3.05) is 64.3 Å². The van der Waals surface area contributed by atoms with Crippen molar-refractivity contribution in [1.82, 2.24) is 24.9 Å². The van der Waals surface area contributed by atoms with Crippen molar-refractivity contribution in [3.8, 4) is 5.75 Å². The molecule has 0 aliphatic carbocycles. The average Bonchev–Trinajstić information content (AvgIpc) is 3.53. The first-order valence-electron chi connectivity index (χ1n) is 16.5. The number of ether oxygens (including phenoxy) is 1. The second-order valence-electron chi connectivity index (χ2n) is 13.1. The minimum absolute atomic E-state index is 0.0268. The van der Waals surface area contributed by atoms with Crippen LogP contribution in [0, 0.1) is 13.8 Å². The largest absolute Gasteiger partial charge is 0.507 e. The normalized spacial score (nSPS) is 22.0. The predicted octanol–water partition coefficient (Wildman–Crippen LogP) is 3.47. The Morgan fingerprint density at radius 3 is 2.40 bits per heavy atom. The summed E-state index contributed by atoms with van der Waals surface area (Å²) in [5.74, 6) is 1.13. The highest BCUT2D eigenvalue weighted by molar-refractivity contribution is 5.91. The molecule has 4 aliphatic rings. The van der Waals surface area contributed by atoms with Crippen LogP contribution in [0.4, 0.5) is 10.5 Å². The summed E-state index contributed by atoms with van der Waals surface area (Å²) in [5, 5.41) is 17.0. The number of piperazine rings is 1. The fraction of sp³-hybridized carbons (Fsp3) is 0.543. The molecule has 0 bridgehead atoms. The third kappa shape index (κ3) is 7.07. The van der Waals surface area contributed by atoms with Gasteiger partial charge in [-0.1, -0.05) is 36.9 Å². The molecule has 0 aromatic heterocycles. The van der Waals surface area contributed by atoms with E-state index in [2.05, 4.69) is 33.1 Å². The van der Waals surface area contributed by atoms with Crippen LogP contribution in [-0.2, 0) is 22.4 Å². The summed E-state index contributed by atoms with van der Waals surface area (Å²) < 4.78 is 5.60. The number of anilines is 1. The number of carbonyl (C=O) groups excluding carboxylic acids is 2. The van der Waals surface area contributed by atoms with E-state index in [-0.39, 0.29) is 18.0 Å². The Kier molecular flexibility index (Phi) is 9.51. The zero-order valence-electron chi connectivity index (χ0n) is 26.8. The molecule has 4 aliphatic heterocycles. The molecule has 0 spiro atoms. The summed E-state index contributed by atoms with van der Waals surface area (Å²) >= 11 is 0. The number of urea groups is 1. The van der Waals surface area contributed by atoms with Gasteiger partial charge in [0.1, 0.15) is 11.8 Å². The quantitative estimate of drug-likeness (QED) is 0.418. The van der Waals surface area contributed by atoms with Crippen LogP contribution < -0.4 is 10.6 Å². The molecular weight excluding hydrogens is 568 g/mol. The summed E-state index contributed by atoms with van der Waals surface area (Å²) in [6.07, 6.45) is 4.08. The summed E-state index contributed by atoms with van der Waals surface area (Å²) in [6.45, 7) is 15.1. The van der Waals surface area contributed by atoms with Gasteiger partial charge in [0, 0.05) is 76.6 Å². The topological polar surface area (TPSA) is 101 Å². The molecule has 2 aromatic rings. The van der Waals surface area contributed by atoms with E-state index in [9.17, 15) is 14.7 Å². The highest BCUT2D eigenvalue weighted by Gasteiger charge is 2.34. The zero-order valence-corrected chi connectivity index (χ0v) is 26.8. The van der Waals surface area contributed by atoms with E-state index < -0.39 is 6.04 Å². The van der Waals surface area contributed by atoms with Crippen LogP contribution in [0.1, 0.15) is 41.5 Å². The van der Waals surface area contributed by atoms with Gasteiger partial charge in [-0.25, -0.2) is 4.79 Å². The number of phenols is 1. The fourth-order valence-corrected chi connectivity index (χ4v) is 7.42. The molecule has 4 heterocycles. The summed E-state index contributed by atoms with van der Waals surface area (Å²) in [7, 11) is 0. The summed E-state index contributed by atoms with van der Waals surface area (Å²) in [5.41, 5.74) is 4.71. The van der Waals surface area contributed by atoms with Gasteiger partial charge in [0.25, 0.3) is 0 Å². The minimum atomic E-state index is -0.477. The Morgan fingerprint density at radius 2 is 1.71 bits per heavy atom. The number of fused-ring (bicyclic) bond motifs is 1. The number of hydrogen-bond acceptors (Lipinski definition) is 7. The SMILES string of the molecule is C=C(N[C@H](Cc1cc(C)c(O)c(C)c1)C(=O)N1CCN(C2CCOC2)CC1)N1CCC(N2CCc3ccccc3NC2=O)CC1. The third-order valence-corrected chi connectivity index (χ3v) is 10.1. The van der Waals surface area contributed by atoms with Crippen molar-refractivity contribution in [2.45, 2.75) is 64.1 Å². The highest BCUT2D eigenvalue weighted by Crippen LogP contribution is 2.27. The molecular formula is C35H48N6O4. The van der Waals surface area contributed by atoms with E-state index in [4.69, 9.17) is 4.74 Å². The van der Waals surface area contributed by atoms with E-state index in [0.29, 0.717) is 37.8 Å². The maximum Gasteiger partial charge on any atom is 0.322 e. The molecule has 2 aromatic carbocycles. The van der Waals surface area contributed by atoms with E-state index >= 15 is 0 Å². The number of phenolic OH excluding ortho intramolecular Hbond substituents is 1. The van der Waals surface area contributed by atoms with Crippen molar-refractivity contribution < 1.29 is 19.4 Å². The lowest BCUT2D eigenvalue weighted by Crippen LogP contribution is -2.57. The molecule has 10 nitrogen and oxygen atoms in total. The lowest BCUT2D eigenvalue weighted by molar-refractivity contribution is -0.135. The molecule has 3 amide bonds. The van der Waals surface area contributed by atoms with Crippen molar-refractivity contribution in [3.05, 3.63) is 71.1 Å². The number of hydrogen-bond donors (Lipinski definition) is 3. The Balaban J connectivity index is 1.09. The number of amides is 3. The number of rotatable bonds is 8. The number of aromatic hydroxyl groups is 1. The minimum Gasteiger partial charge on any atom is -0.507 e. The number of para-hydroxylation sites is 1. The molecule has 6 rings (SSSR count). The van der Waals surface area contributed by atoms with E-state index in [1.54, 1.807) is 0 Å². The maximum atomic E-state index is 14.1. The van der Waals surface area contributed by atoms with Gasteiger partial charge in [0.2, 0.25) is 5.91 Å². The molecule has 0 radical (unpaired) electrons. The number of nitrogens with one attached hydrogen (secondary N) is 2. The van der Waals surface area contributed by atoms with Gasteiger partial charge in [-0.2, -0.15) is 0 Å². The molecule has 3 N–H and O–H groups in total. The smallest absolute Gasteiger partial charge is 0.322 e. The lowest BCUT2D eigenvalue weighted by Gasteiger charge is -2.41. The molecule has 0 saturated carbocycles. The average molecular weight is 617 g/mol.